The van der Waals surface area contributed by atoms with Crippen LogP contribution in [0, 0.1) is 0 Å². The van der Waals surface area contributed by atoms with Crippen LogP contribution in [0.15, 0.2) is 0 Å². The monoisotopic (exact) mass is 112 g/mol. The van der Waals surface area contributed by atoms with E-state index in [4.69, 9.17) is 5.11 Å². The fraction of sp³-hybridized carbons (Fsp3) is 1.00. The van der Waals surface area contributed by atoms with Crippen LogP contribution >= 0.6 is 0 Å². The molecule has 0 heterocycles. The fourth-order valence-electron chi connectivity index (χ4n) is 0.181. The summed E-state index contributed by atoms with van der Waals surface area (Å²) in [5.74, 6) is 0. The molecule has 0 saturated heterocycles. The quantitative estimate of drug-likeness (QED) is 0.433. The Hall–Kier alpha value is 1.60. The van der Waals surface area contributed by atoms with Gasteiger partial charge in [-0.05, 0) is 19.8 Å². The first-order valence-corrected chi connectivity index (χ1v) is 1.93. The maximum atomic E-state index is 8.63. The van der Waals surface area contributed by atoms with E-state index < -0.39 is 0 Å². The van der Waals surface area contributed by atoms with Gasteiger partial charge in [-0.3, -0.25) is 0 Å². The average Bonchev–Trinajstić information content (AvgIpc) is 1.76. The van der Waals surface area contributed by atoms with Crippen LogP contribution in [0.2, 0.25) is 0 Å². The van der Waals surface area contributed by atoms with Gasteiger partial charge in [0.15, 0.2) is 0 Å². The van der Waals surface area contributed by atoms with Crippen molar-refractivity contribution in [1.29, 1.82) is 0 Å². The molecule has 0 unspecified atom stereocenters. The van der Waals surface area contributed by atoms with Crippen LogP contribution < -0.4 is 0 Å². The predicted molar refractivity (Wildman–Crippen MR) is 27.0 cm³/mol. The third kappa shape index (κ3) is 2.72. The van der Waals surface area contributed by atoms with E-state index in [-0.39, 0.29) is 57.0 Å². The molecule has 1 fully saturated rings. The van der Waals surface area contributed by atoms with E-state index in [0.29, 0.717) is 0 Å². The first kappa shape index (κ1) is 7.60. The first-order chi connectivity index (χ1) is 2.21. The molecule has 32 valence electrons. The van der Waals surface area contributed by atoms with Crippen molar-refractivity contribution in [3.05, 3.63) is 0 Å². The second kappa shape index (κ2) is 2.24. The summed E-state index contributed by atoms with van der Waals surface area (Å²) < 4.78 is 0. The Morgan fingerprint density at radius 2 is 1.67 bits per heavy atom. The van der Waals surface area contributed by atoms with Gasteiger partial charge in [0.05, 0.1) is 5.60 Å². The molecule has 0 aromatic heterocycles. The SMILES string of the molecule is CC1(O)CC1.[KH]. The van der Waals surface area contributed by atoms with Crippen LogP contribution in [0.1, 0.15) is 19.8 Å². The van der Waals surface area contributed by atoms with Crippen molar-refractivity contribution in [3.8, 4) is 0 Å². The van der Waals surface area contributed by atoms with Crippen LogP contribution in [0.25, 0.3) is 0 Å². The van der Waals surface area contributed by atoms with Gasteiger partial charge in [0.1, 0.15) is 0 Å². The maximum absolute atomic E-state index is 8.63. The average molecular weight is 112 g/mol. The molecular weight excluding hydrogens is 103 g/mol. The van der Waals surface area contributed by atoms with Crippen molar-refractivity contribution in [2.24, 2.45) is 0 Å². The van der Waals surface area contributed by atoms with E-state index >= 15 is 0 Å². The summed E-state index contributed by atoms with van der Waals surface area (Å²) in [7, 11) is 0. The number of aliphatic hydroxyl groups is 1. The number of rotatable bonds is 0. The Kier molecular flexibility index (Phi) is 2.84. The van der Waals surface area contributed by atoms with Gasteiger partial charge in [-0.15, -0.1) is 0 Å². The molecule has 1 rings (SSSR count). The Bertz CT molecular complexity index is 45.5. The second-order valence-electron chi connectivity index (χ2n) is 2.00. The standard InChI is InChI=1S/C4H8O.K.H/c1-4(5)2-3-4;;/h5H,2-3H2,1H3;;. The van der Waals surface area contributed by atoms with Gasteiger partial charge in [0.2, 0.25) is 0 Å². The van der Waals surface area contributed by atoms with Gasteiger partial charge in [0.25, 0.3) is 0 Å². The van der Waals surface area contributed by atoms with Crippen molar-refractivity contribution in [3.63, 3.8) is 0 Å². The summed E-state index contributed by atoms with van der Waals surface area (Å²) in [6.45, 7) is 1.85. The molecule has 6 heavy (non-hydrogen) atoms. The summed E-state index contributed by atoms with van der Waals surface area (Å²) in [6, 6.07) is 0. The first-order valence-electron chi connectivity index (χ1n) is 1.93. The van der Waals surface area contributed by atoms with Gasteiger partial charge in [0, 0.05) is 0 Å². The summed E-state index contributed by atoms with van der Waals surface area (Å²) >= 11 is 0. The second-order valence-corrected chi connectivity index (χ2v) is 2.00. The molecular formula is C4H9KO. The molecule has 1 saturated carbocycles. The summed E-state index contributed by atoms with van der Waals surface area (Å²) in [5, 5.41) is 8.63. The number of hydrogen-bond acceptors (Lipinski definition) is 1. The zero-order valence-corrected chi connectivity index (χ0v) is 3.36. The van der Waals surface area contributed by atoms with Crippen LogP contribution in [-0.4, -0.2) is 62.1 Å². The third-order valence-electron chi connectivity index (χ3n) is 0.974. The summed E-state index contributed by atoms with van der Waals surface area (Å²) in [4.78, 5) is 0. The van der Waals surface area contributed by atoms with Crippen molar-refractivity contribution >= 4 is 51.4 Å². The molecule has 0 amide bonds. The summed E-state index contributed by atoms with van der Waals surface area (Å²) in [6.07, 6.45) is 2.01. The van der Waals surface area contributed by atoms with Gasteiger partial charge in [-0.2, -0.15) is 0 Å². The molecule has 1 N–H and O–H groups in total. The Labute approximate surface area is 80.5 Å². The van der Waals surface area contributed by atoms with E-state index in [1.165, 1.54) is 0 Å². The van der Waals surface area contributed by atoms with Crippen LogP contribution in [0.5, 0.6) is 0 Å². The molecule has 2 heteroatoms. The number of hydrogen-bond donors (Lipinski definition) is 1. The van der Waals surface area contributed by atoms with Crippen molar-refractivity contribution in [2.45, 2.75) is 25.4 Å². The molecule has 0 aromatic carbocycles. The van der Waals surface area contributed by atoms with Gasteiger partial charge in [-0.25, -0.2) is 0 Å². The summed E-state index contributed by atoms with van der Waals surface area (Å²) in [5.41, 5.74) is -0.250. The van der Waals surface area contributed by atoms with Crippen molar-refractivity contribution in [2.75, 3.05) is 0 Å². The van der Waals surface area contributed by atoms with Gasteiger partial charge < -0.3 is 5.11 Å². The Morgan fingerprint density at radius 1 is 1.50 bits per heavy atom. The molecule has 0 atom stereocenters. The van der Waals surface area contributed by atoms with E-state index in [1.807, 2.05) is 6.92 Å². The minimum atomic E-state index is -0.250. The fourth-order valence-corrected chi connectivity index (χ4v) is 0.181. The van der Waals surface area contributed by atoms with Crippen molar-refractivity contribution < 1.29 is 5.11 Å². The van der Waals surface area contributed by atoms with Crippen LogP contribution in [0.4, 0.5) is 0 Å². The van der Waals surface area contributed by atoms with E-state index in [1.54, 1.807) is 0 Å². The molecule has 1 aliphatic carbocycles. The molecule has 0 aliphatic heterocycles. The minimum absolute atomic E-state index is 0. The normalized spacial score (nSPS) is 25.0. The Balaban J connectivity index is 0.000000250. The predicted octanol–water partition coefficient (Wildman–Crippen LogP) is -0.117. The van der Waals surface area contributed by atoms with Gasteiger partial charge >= 0.3 is 51.4 Å². The zero-order chi connectivity index (χ0) is 3.91. The van der Waals surface area contributed by atoms with Gasteiger partial charge in [-0.1, -0.05) is 0 Å². The van der Waals surface area contributed by atoms with E-state index in [2.05, 4.69) is 0 Å². The topological polar surface area (TPSA) is 20.2 Å². The third-order valence-corrected chi connectivity index (χ3v) is 0.974. The zero-order valence-electron chi connectivity index (χ0n) is 3.36. The van der Waals surface area contributed by atoms with Crippen molar-refractivity contribution in [1.82, 2.24) is 0 Å². The molecule has 1 aliphatic rings. The van der Waals surface area contributed by atoms with E-state index in [9.17, 15) is 0 Å². The van der Waals surface area contributed by atoms with E-state index in [0.717, 1.165) is 12.8 Å². The van der Waals surface area contributed by atoms with Crippen LogP contribution in [-0.2, 0) is 0 Å². The Morgan fingerprint density at radius 3 is 1.67 bits per heavy atom. The molecule has 0 bridgehead atoms. The molecule has 1 nitrogen and oxygen atoms in total. The molecule has 0 radical (unpaired) electrons. The molecule has 0 aromatic rings. The van der Waals surface area contributed by atoms with Crippen LogP contribution in [0.3, 0.4) is 0 Å². The molecule has 0 spiro atoms.